The predicted molar refractivity (Wildman–Crippen MR) is 115 cm³/mol. The van der Waals surface area contributed by atoms with E-state index in [2.05, 4.69) is 14.8 Å². The summed E-state index contributed by atoms with van der Waals surface area (Å²) in [7, 11) is -4.31. The quantitative estimate of drug-likeness (QED) is 0.478. The summed E-state index contributed by atoms with van der Waals surface area (Å²) >= 11 is 0. The average molecular weight is 443 g/mol. The number of halogens is 2. The lowest BCUT2D eigenvalue weighted by atomic mass is 10.1. The number of nitrogens with one attached hydrogen (secondary N) is 1. The van der Waals surface area contributed by atoms with Gasteiger partial charge in [0.1, 0.15) is 28.0 Å². The minimum absolute atomic E-state index is 0.0229. The van der Waals surface area contributed by atoms with E-state index in [0.717, 1.165) is 23.7 Å². The fourth-order valence-corrected chi connectivity index (χ4v) is 4.46. The number of fused-ring (bicyclic) bond motifs is 1. The van der Waals surface area contributed by atoms with Gasteiger partial charge in [-0.05, 0) is 44.2 Å². The van der Waals surface area contributed by atoms with Gasteiger partial charge in [0, 0.05) is 17.8 Å². The van der Waals surface area contributed by atoms with Crippen molar-refractivity contribution in [3.63, 3.8) is 0 Å². The third-order valence-electron chi connectivity index (χ3n) is 4.75. The number of hydrogen-bond acceptors (Lipinski definition) is 5. The average Bonchev–Trinajstić information content (AvgIpc) is 3.11. The van der Waals surface area contributed by atoms with Crippen LogP contribution in [0.4, 0.5) is 20.3 Å². The number of nitrogen functional groups attached to an aromatic ring is 1. The van der Waals surface area contributed by atoms with Crippen molar-refractivity contribution in [1.82, 2.24) is 14.8 Å². The van der Waals surface area contributed by atoms with Gasteiger partial charge in [-0.2, -0.15) is 5.10 Å². The molecule has 0 amide bonds. The number of nitrogens with zero attached hydrogens (tertiary/aromatic N) is 3. The number of benzene rings is 2. The van der Waals surface area contributed by atoms with Crippen LogP contribution >= 0.6 is 0 Å². The molecule has 2 heterocycles. The van der Waals surface area contributed by atoms with Gasteiger partial charge in [-0.1, -0.05) is 18.2 Å². The molecule has 0 unspecified atom stereocenters. The van der Waals surface area contributed by atoms with Crippen molar-refractivity contribution >= 4 is 32.4 Å². The first-order chi connectivity index (χ1) is 14.7. The molecule has 7 nitrogen and oxygen atoms in total. The molecule has 4 aromatic rings. The number of hydrogen-bond donors (Lipinski definition) is 2. The van der Waals surface area contributed by atoms with Crippen molar-refractivity contribution in [3.8, 4) is 11.3 Å². The number of pyridine rings is 1. The van der Waals surface area contributed by atoms with Gasteiger partial charge in [0.2, 0.25) is 0 Å². The molecule has 0 aliphatic carbocycles. The molecule has 0 fully saturated rings. The largest absolute Gasteiger partial charge is 0.383 e. The lowest BCUT2D eigenvalue weighted by Gasteiger charge is -2.10. The zero-order valence-corrected chi connectivity index (χ0v) is 17.5. The summed E-state index contributed by atoms with van der Waals surface area (Å²) in [6, 6.07) is 10.6. The highest BCUT2D eigenvalue weighted by Gasteiger charge is 2.22. The van der Waals surface area contributed by atoms with Crippen LogP contribution in [-0.2, 0) is 10.0 Å². The number of nitrogens with two attached hydrogens (primary N) is 1. The molecule has 0 aliphatic rings. The van der Waals surface area contributed by atoms with Gasteiger partial charge >= 0.3 is 0 Å². The van der Waals surface area contributed by atoms with Crippen LogP contribution in [0.1, 0.15) is 19.9 Å². The Bertz CT molecular complexity index is 1400. The van der Waals surface area contributed by atoms with Crippen LogP contribution in [-0.4, -0.2) is 23.2 Å². The minimum Gasteiger partial charge on any atom is -0.383 e. The zero-order valence-electron chi connectivity index (χ0n) is 16.7. The molecule has 0 atom stereocenters. The summed E-state index contributed by atoms with van der Waals surface area (Å²) in [4.78, 5) is 3.53. The van der Waals surface area contributed by atoms with E-state index in [0.29, 0.717) is 16.6 Å². The summed E-state index contributed by atoms with van der Waals surface area (Å²) in [6.07, 6.45) is 1.57. The summed E-state index contributed by atoms with van der Waals surface area (Å²) in [6.45, 7) is 3.90. The van der Waals surface area contributed by atoms with E-state index in [4.69, 9.17) is 5.73 Å². The van der Waals surface area contributed by atoms with Crippen LogP contribution in [0.25, 0.3) is 22.2 Å². The summed E-state index contributed by atoms with van der Waals surface area (Å²) in [5.74, 6) is -1.52. The number of anilines is 2. The fraction of sp³-hybridized carbons (Fsp3) is 0.143. The van der Waals surface area contributed by atoms with Crippen LogP contribution in [0.15, 0.2) is 59.6 Å². The van der Waals surface area contributed by atoms with Crippen LogP contribution in [0.5, 0.6) is 0 Å². The predicted octanol–water partition coefficient (Wildman–Crippen LogP) is 4.34. The van der Waals surface area contributed by atoms with Gasteiger partial charge in [0.25, 0.3) is 10.0 Å². The normalized spacial score (nSPS) is 11.9. The van der Waals surface area contributed by atoms with Gasteiger partial charge in [-0.15, -0.1) is 0 Å². The molecule has 160 valence electrons. The molecule has 0 radical (unpaired) electrons. The molecule has 4 rings (SSSR count). The van der Waals surface area contributed by atoms with Gasteiger partial charge in [-0.25, -0.2) is 22.2 Å². The topological polar surface area (TPSA) is 103 Å². The van der Waals surface area contributed by atoms with Crippen LogP contribution in [0.2, 0.25) is 0 Å². The van der Waals surface area contributed by atoms with Crippen molar-refractivity contribution in [2.24, 2.45) is 0 Å². The van der Waals surface area contributed by atoms with Crippen LogP contribution in [0.3, 0.4) is 0 Å². The van der Waals surface area contributed by atoms with E-state index >= 15 is 0 Å². The summed E-state index contributed by atoms with van der Waals surface area (Å²) in [5, 5.41) is 5.15. The van der Waals surface area contributed by atoms with Crippen molar-refractivity contribution in [2.45, 2.75) is 24.8 Å². The maximum Gasteiger partial charge on any atom is 0.264 e. The number of sulfonamides is 1. The van der Waals surface area contributed by atoms with Crippen LogP contribution in [0, 0.1) is 11.6 Å². The van der Waals surface area contributed by atoms with Gasteiger partial charge in [0.05, 0.1) is 16.6 Å². The Morgan fingerprint density at radius 2 is 1.81 bits per heavy atom. The summed E-state index contributed by atoms with van der Waals surface area (Å²) < 4.78 is 57.5. The lowest BCUT2D eigenvalue weighted by Crippen LogP contribution is -2.15. The molecule has 0 saturated carbocycles. The van der Waals surface area contributed by atoms with E-state index in [1.165, 1.54) is 24.3 Å². The Morgan fingerprint density at radius 1 is 1.06 bits per heavy atom. The molecule has 0 bridgehead atoms. The third kappa shape index (κ3) is 3.70. The fourth-order valence-electron chi connectivity index (χ4n) is 3.32. The lowest BCUT2D eigenvalue weighted by molar-refractivity contribution is 0.552. The summed E-state index contributed by atoms with van der Waals surface area (Å²) in [5.41, 5.74) is 7.32. The Balaban J connectivity index is 1.76. The minimum atomic E-state index is -4.31. The van der Waals surface area contributed by atoms with E-state index in [9.17, 15) is 17.2 Å². The molecule has 0 saturated heterocycles. The highest BCUT2D eigenvalue weighted by Crippen LogP contribution is 2.34. The van der Waals surface area contributed by atoms with Crippen molar-refractivity contribution in [1.29, 1.82) is 0 Å². The smallest absolute Gasteiger partial charge is 0.264 e. The van der Waals surface area contributed by atoms with Crippen LogP contribution < -0.4 is 10.5 Å². The van der Waals surface area contributed by atoms with E-state index in [1.807, 2.05) is 13.8 Å². The highest BCUT2D eigenvalue weighted by atomic mass is 32.2. The van der Waals surface area contributed by atoms with E-state index in [1.54, 1.807) is 16.9 Å². The molecule has 0 spiro atoms. The second-order valence-electron chi connectivity index (χ2n) is 7.21. The first-order valence-corrected chi connectivity index (χ1v) is 10.9. The van der Waals surface area contributed by atoms with Gasteiger partial charge in [-0.3, -0.25) is 9.40 Å². The molecule has 3 N–H and O–H groups in total. The molecular formula is C21H19F2N5O2S. The molecule has 2 aromatic carbocycles. The second kappa shape index (κ2) is 7.62. The zero-order chi connectivity index (χ0) is 22.3. The highest BCUT2D eigenvalue weighted by molar-refractivity contribution is 7.92. The maximum atomic E-state index is 14.8. The van der Waals surface area contributed by atoms with Crippen molar-refractivity contribution in [3.05, 3.63) is 66.4 Å². The standard InChI is InChI=1S/C21H19F2N5O2S/c1-12(2)28-17-9-10-25-21(24)19(17)20(26-28)13-7-8-16(15(23)11-13)27-31(29,30)18-6-4-3-5-14(18)22/h3-12,27H,1-2H3,(H2,24,25). The van der Waals surface area contributed by atoms with E-state index < -0.39 is 26.6 Å². The number of rotatable bonds is 5. The SMILES string of the molecule is CC(C)n1nc(-c2ccc(NS(=O)(=O)c3ccccc3F)c(F)c2)c2c(N)nccc21. The Hall–Kier alpha value is -3.53. The van der Waals surface area contributed by atoms with E-state index in [-0.39, 0.29) is 17.5 Å². The first-order valence-electron chi connectivity index (χ1n) is 9.39. The van der Waals surface area contributed by atoms with Crippen molar-refractivity contribution in [2.75, 3.05) is 10.5 Å². The molecule has 0 aliphatic heterocycles. The van der Waals surface area contributed by atoms with Crippen molar-refractivity contribution < 1.29 is 17.2 Å². The second-order valence-corrected chi connectivity index (χ2v) is 8.86. The Labute approximate surface area is 177 Å². The van der Waals surface area contributed by atoms with Gasteiger partial charge < -0.3 is 5.73 Å². The maximum absolute atomic E-state index is 14.8. The molecule has 2 aromatic heterocycles. The Kier molecular flexibility index (Phi) is 5.10. The third-order valence-corrected chi connectivity index (χ3v) is 6.15. The molecule has 31 heavy (non-hydrogen) atoms. The molecular weight excluding hydrogens is 424 g/mol. The number of aromatic nitrogens is 3. The van der Waals surface area contributed by atoms with Gasteiger partial charge in [0.15, 0.2) is 0 Å². The molecule has 10 heteroatoms. The monoisotopic (exact) mass is 443 g/mol. The Morgan fingerprint density at radius 3 is 2.48 bits per heavy atom. The first kappa shape index (κ1) is 20.7.